The highest BCUT2D eigenvalue weighted by Gasteiger charge is 2.44. The third-order valence-corrected chi connectivity index (χ3v) is 5.57. The number of hydrogen-bond donors (Lipinski definition) is 0. The van der Waals surface area contributed by atoms with Gasteiger partial charge in [-0.3, -0.25) is 24.6 Å². The lowest BCUT2D eigenvalue weighted by atomic mass is 9.98. The average Bonchev–Trinajstić information content (AvgIpc) is 3.07. The topological polar surface area (TPSA) is 107 Å². The van der Waals surface area contributed by atoms with Crippen LogP contribution in [-0.4, -0.2) is 15.8 Å². The van der Waals surface area contributed by atoms with E-state index in [9.17, 15) is 19.7 Å². The zero-order valence-electron chi connectivity index (χ0n) is 17.2. The molecular weight excluding hydrogens is 410 g/mol. The number of rotatable bonds is 3. The van der Waals surface area contributed by atoms with Gasteiger partial charge in [0.2, 0.25) is 5.76 Å². The Labute approximate surface area is 181 Å². The summed E-state index contributed by atoms with van der Waals surface area (Å²) in [5, 5.41) is 11.5. The van der Waals surface area contributed by atoms with E-state index in [1.54, 1.807) is 49.4 Å². The van der Waals surface area contributed by atoms with Crippen molar-refractivity contribution >= 4 is 28.4 Å². The largest absolute Gasteiger partial charge is 0.450 e. The number of nitro benzene ring substituents is 1. The first-order valence-electron chi connectivity index (χ1n) is 9.94. The number of aromatic nitrogens is 1. The smallest absolute Gasteiger partial charge is 0.296 e. The van der Waals surface area contributed by atoms with Crippen molar-refractivity contribution in [1.29, 1.82) is 0 Å². The average molecular weight is 427 g/mol. The Bertz CT molecular complexity index is 1470. The minimum Gasteiger partial charge on any atom is -0.450 e. The van der Waals surface area contributed by atoms with Crippen LogP contribution in [0.3, 0.4) is 0 Å². The number of pyridine rings is 1. The van der Waals surface area contributed by atoms with Crippen molar-refractivity contribution in [2.24, 2.45) is 0 Å². The van der Waals surface area contributed by atoms with E-state index in [0.717, 1.165) is 5.56 Å². The van der Waals surface area contributed by atoms with Gasteiger partial charge in [-0.05, 0) is 55.8 Å². The van der Waals surface area contributed by atoms with E-state index >= 15 is 0 Å². The SMILES string of the molecule is Cc1ccc2oc3c(c(=O)c2c1)[C@H](c1ccc([N+](=O)[O-])cc1)N(c1cccc(C)n1)C3=O. The van der Waals surface area contributed by atoms with Crippen LogP contribution in [0.2, 0.25) is 0 Å². The molecule has 0 bridgehead atoms. The maximum absolute atomic E-state index is 13.6. The van der Waals surface area contributed by atoms with Crippen LogP contribution in [0.25, 0.3) is 11.0 Å². The number of anilines is 1. The Morgan fingerprint density at radius 3 is 2.47 bits per heavy atom. The lowest BCUT2D eigenvalue weighted by Crippen LogP contribution is -2.30. The fourth-order valence-corrected chi connectivity index (χ4v) is 4.08. The van der Waals surface area contributed by atoms with Gasteiger partial charge < -0.3 is 4.42 Å². The second-order valence-corrected chi connectivity index (χ2v) is 7.74. The molecule has 4 aromatic rings. The van der Waals surface area contributed by atoms with Crippen LogP contribution in [0.5, 0.6) is 0 Å². The highest BCUT2D eigenvalue weighted by atomic mass is 16.6. The van der Waals surface area contributed by atoms with Crippen LogP contribution in [0.4, 0.5) is 11.5 Å². The first kappa shape index (κ1) is 19.6. The van der Waals surface area contributed by atoms with Gasteiger partial charge in [0.05, 0.1) is 21.9 Å². The van der Waals surface area contributed by atoms with E-state index in [-0.39, 0.29) is 22.4 Å². The fraction of sp³-hybridized carbons (Fsp3) is 0.125. The lowest BCUT2D eigenvalue weighted by Gasteiger charge is -2.24. The molecule has 0 unspecified atom stereocenters. The van der Waals surface area contributed by atoms with E-state index < -0.39 is 16.9 Å². The second-order valence-electron chi connectivity index (χ2n) is 7.74. The van der Waals surface area contributed by atoms with Gasteiger partial charge in [0, 0.05) is 17.8 Å². The molecule has 1 amide bonds. The normalized spacial score (nSPS) is 15.2. The Hall–Kier alpha value is -4.33. The van der Waals surface area contributed by atoms with Crippen molar-refractivity contribution in [2.45, 2.75) is 19.9 Å². The van der Waals surface area contributed by atoms with Crippen LogP contribution in [0.15, 0.2) is 69.9 Å². The van der Waals surface area contributed by atoms with Crippen molar-refractivity contribution < 1.29 is 14.1 Å². The molecular formula is C24H17N3O5. The zero-order chi connectivity index (χ0) is 22.6. The molecule has 158 valence electrons. The molecule has 0 aliphatic carbocycles. The van der Waals surface area contributed by atoms with Crippen LogP contribution in [0.1, 0.15) is 39.0 Å². The molecule has 1 atom stereocenters. The van der Waals surface area contributed by atoms with Gasteiger partial charge in [-0.15, -0.1) is 0 Å². The van der Waals surface area contributed by atoms with Crippen LogP contribution < -0.4 is 10.3 Å². The molecule has 0 saturated carbocycles. The van der Waals surface area contributed by atoms with E-state index in [1.807, 2.05) is 13.0 Å². The molecule has 8 heteroatoms. The minimum atomic E-state index is -0.825. The Morgan fingerprint density at radius 1 is 1.03 bits per heavy atom. The van der Waals surface area contributed by atoms with E-state index in [2.05, 4.69) is 4.98 Å². The summed E-state index contributed by atoms with van der Waals surface area (Å²) in [5.41, 5.74) is 2.27. The summed E-state index contributed by atoms with van der Waals surface area (Å²) >= 11 is 0. The summed E-state index contributed by atoms with van der Waals surface area (Å²) in [4.78, 5) is 43.5. The van der Waals surface area contributed by atoms with Gasteiger partial charge in [0.15, 0.2) is 5.43 Å². The van der Waals surface area contributed by atoms with Gasteiger partial charge in [-0.25, -0.2) is 4.98 Å². The molecule has 1 aliphatic rings. The molecule has 8 nitrogen and oxygen atoms in total. The molecule has 2 aromatic heterocycles. The highest BCUT2D eigenvalue weighted by molar-refractivity contribution is 6.10. The number of aryl methyl sites for hydroxylation is 2. The number of fused-ring (bicyclic) bond motifs is 2. The standard InChI is InChI=1S/C24H17N3O5/c1-13-6-11-18-17(12-13)22(28)20-21(15-7-9-16(10-8-15)27(30)31)26(24(29)23(20)32-18)19-5-3-4-14(2)25-19/h3-12,21H,1-2H3/t21-/m0/s1. The number of carbonyl (C=O) groups is 1. The molecule has 0 saturated heterocycles. The number of nitrogens with zero attached hydrogens (tertiary/aromatic N) is 3. The number of amides is 1. The fourth-order valence-electron chi connectivity index (χ4n) is 4.08. The molecule has 0 radical (unpaired) electrons. The number of carbonyl (C=O) groups excluding carboxylic acids is 1. The van der Waals surface area contributed by atoms with Gasteiger partial charge in [-0.1, -0.05) is 17.7 Å². The summed E-state index contributed by atoms with van der Waals surface area (Å²) in [6.07, 6.45) is 0. The first-order valence-corrected chi connectivity index (χ1v) is 9.94. The molecule has 2 aromatic carbocycles. The summed E-state index contributed by atoms with van der Waals surface area (Å²) in [7, 11) is 0. The van der Waals surface area contributed by atoms with Gasteiger partial charge >= 0.3 is 0 Å². The molecule has 0 spiro atoms. The summed E-state index contributed by atoms with van der Waals surface area (Å²) in [5.74, 6) is -0.163. The Kier molecular flexibility index (Phi) is 4.37. The third-order valence-electron chi connectivity index (χ3n) is 5.57. The van der Waals surface area contributed by atoms with Crippen molar-refractivity contribution in [3.63, 3.8) is 0 Å². The maximum atomic E-state index is 13.6. The van der Waals surface area contributed by atoms with Crippen molar-refractivity contribution in [3.8, 4) is 0 Å². The monoisotopic (exact) mass is 427 g/mol. The summed E-state index contributed by atoms with van der Waals surface area (Å²) < 4.78 is 5.92. The molecule has 5 rings (SSSR count). The Balaban J connectivity index is 1.80. The molecule has 0 N–H and O–H groups in total. The summed E-state index contributed by atoms with van der Waals surface area (Å²) in [6.45, 7) is 3.67. The minimum absolute atomic E-state index is 0.0435. The van der Waals surface area contributed by atoms with E-state index in [4.69, 9.17) is 4.42 Å². The van der Waals surface area contributed by atoms with E-state index in [1.165, 1.54) is 17.0 Å². The first-order chi connectivity index (χ1) is 15.3. The summed E-state index contributed by atoms with van der Waals surface area (Å²) in [6, 6.07) is 15.5. The molecule has 0 fully saturated rings. The number of non-ortho nitro benzene ring substituents is 1. The predicted octanol–water partition coefficient (Wildman–Crippen LogP) is 4.46. The number of nitro groups is 1. The maximum Gasteiger partial charge on any atom is 0.296 e. The number of hydrogen-bond acceptors (Lipinski definition) is 6. The predicted molar refractivity (Wildman–Crippen MR) is 118 cm³/mol. The van der Waals surface area contributed by atoms with Crippen molar-refractivity contribution in [3.05, 3.63) is 109 Å². The second kappa shape index (κ2) is 7.12. The lowest BCUT2D eigenvalue weighted by molar-refractivity contribution is -0.384. The number of benzene rings is 2. The van der Waals surface area contributed by atoms with Crippen LogP contribution in [0, 0.1) is 24.0 Å². The van der Waals surface area contributed by atoms with Gasteiger partial charge in [-0.2, -0.15) is 0 Å². The van der Waals surface area contributed by atoms with E-state index in [0.29, 0.717) is 28.0 Å². The molecule has 1 aliphatic heterocycles. The zero-order valence-corrected chi connectivity index (χ0v) is 17.2. The van der Waals surface area contributed by atoms with Crippen molar-refractivity contribution in [1.82, 2.24) is 4.98 Å². The Morgan fingerprint density at radius 2 is 1.78 bits per heavy atom. The molecule has 3 heterocycles. The third kappa shape index (κ3) is 2.96. The van der Waals surface area contributed by atoms with Gasteiger partial charge in [0.25, 0.3) is 11.6 Å². The molecule has 32 heavy (non-hydrogen) atoms. The van der Waals surface area contributed by atoms with Crippen LogP contribution in [-0.2, 0) is 0 Å². The quantitative estimate of drug-likeness (QED) is 0.353. The van der Waals surface area contributed by atoms with Crippen molar-refractivity contribution in [2.75, 3.05) is 4.90 Å². The highest BCUT2D eigenvalue weighted by Crippen LogP contribution is 2.41. The van der Waals surface area contributed by atoms with Crippen LogP contribution >= 0.6 is 0 Å². The van der Waals surface area contributed by atoms with Gasteiger partial charge in [0.1, 0.15) is 11.4 Å².